The zero-order valence-electron chi connectivity index (χ0n) is 14.7. The molecule has 0 aliphatic carbocycles. The van der Waals surface area contributed by atoms with Crippen LogP contribution in [0.5, 0.6) is 0 Å². The molecule has 1 aromatic heterocycles. The standard InChI is InChI=1S/C24H17N2/c1-14-17-8-4-3-6-16(17)12-19-18-9-5-7-15-10-11-20-23(22(15)18)24(21(14)19)26(2)13-25-20/h3-13H,1-2H3/q+1. The van der Waals surface area contributed by atoms with Gasteiger partial charge in [0, 0.05) is 10.8 Å². The third kappa shape index (κ3) is 1.57. The molecule has 0 N–H and O–H groups in total. The molecule has 2 nitrogen and oxygen atoms in total. The summed E-state index contributed by atoms with van der Waals surface area (Å²) in [4.78, 5) is 4.69. The van der Waals surface area contributed by atoms with Gasteiger partial charge in [-0.05, 0) is 62.6 Å². The van der Waals surface area contributed by atoms with E-state index >= 15 is 0 Å². The molecule has 6 aromatic rings. The van der Waals surface area contributed by atoms with Gasteiger partial charge in [0.05, 0.1) is 12.4 Å². The lowest BCUT2D eigenvalue weighted by molar-refractivity contribution is -0.646. The first-order chi connectivity index (χ1) is 12.7. The number of aryl methyl sites for hydroxylation is 2. The molecule has 2 heteroatoms. The van der Waals surface area contributed by atoms with Crippen LogP contribution in [0.25, 0.3) is 54.1 Å². The molecular formula is C24H17N2+. The molecule has 0 bridgehead atoms. The molecule has 122 valence electrons. The van der Waals surface area contributed by atoms with Gasteiger partial charge >= 0.3 is 0 Å². The number of aromatic nitrogens is 2. The van der Waals surface area contributed by atoms with Crippen LogP contribution in [-0.4, -0.2) is 4.98 Å². The van der Waals surface area contributed by atoms with Gasteiger partial charge in [-0.15, -0.1) is 0 Å². The van der Waals surface area contributed by atoms with E-state index in [1.165, 1.54) is 54.2 Å². The van der Waals surface area contributed by atoms with E-state index in [0.29, 0.717) is 0 Å². The molecule has 0 saturated heterocycles. The van der Waals surface area contributed by atoms with E-state index in [0.717, 1.165) is 5.52 Å². The summed E-state index contributed by atoms with van der Waals surface area (Å²) in [5.74, 6) is 0. The molecule has 0 atom stereocenters. The molecule has 0 spiro atoms. The first-order valence-electron chi connectivity index (χ1n) is 8.97. The summed E-state index contributed by atoms with van der Waals surface area (Å²) in [6.45, 7) is 2.25. The highest BCUT2D eigenvalue weighted by atomic mass is 15.0. The number of benzene rings is 5. The summed E-state index contributed by atoms with van der Waals surface area (Å²) in [6, 6.07) is 22.0. The van der Waals surface area contributed by atoms with Crippen molar-refractivity contribution in [2.24, 2.45) is 7.05 Å². The molecule has 0 amide bonds. The highest BCUT2D eigenvalue weighted by Crippen LogP contribution is 2.41. The maximum absolute atomic E-state index is 4.69. The van der Waals surface area contributed by atoms with Crippen molar-refractivity contribution >= 4 is 54.1 Å². The van der Waals surface area contributed by atoms with Crippen LogP contribution in [0.4, 0.5) is 0 Å². The predicted octanol–water partition coefficient (Wildman–Crippen LogP) is 5.42. The van der Waals surface area contributed by atoms with Gasteiger partial charge in [0.15, 0.2) is 5.52 Å². The molecule has 0 unspecified atom stereocenters. The summed E-state index contributed by atoms with van der Waals surface area (Å²) >= 11 is 0. The van der Waals surface area contributed by atoms with E-state index in [9.17, 15) is 0 Å². The van der Waals surface area contributed by atoms with Crippen molar-refractivity contribution in [3.63, 3.8) is 0 Å². The maximum Gasteiger partial charge on any atom is 0.287 e. The summed E-state index contributed by atoms with van der Waals surface area (Å²) in [7, 11) is 2.10. The topological polar surface area (TPSA) is 16.8 Å². The summed E-state index contributed by atoms with van der Waals surface area (Å²) in [6.07, 6.45) is 1.94. The Bertz CT molecular complexity index is 1500. The molecule has 0 aliphatic heterocycles. The number of fused-ring (bicyclic) bond motifs is 4. The van der Waals surface area contributed by atoms with Gasteiger partial charge in [-0.1, -0.05) is 42.5 Å². The van der Waals surface area contributed by atoms with Crippen molar-refractivity contribution in [1.29, 1.82) is 0 Å². The zero-order valence-corrected chi connectivity index (χ0v) is 14.7. The molecule has 5 aromatic carbocycles. The van der Waals surface area contributed by atoms with Crippen molar-refractivity contribution in [1.82, 2.24) is 4.98 Å². The fraction of sp³-hybridized carbons (Fsp3) is 0.0833. The fourth-order valence-electron chi connectivity index (χ4n) is 4.67. The second kappa shape index (κ2) is 4.67. The lowest BCUT2D eigenvalue weighted by Gasteiger charge is -2.15. The molecular weight excluding hydrogens is 316 g/mol. The Morgan fingerprint density at radius 1 is 0.731 bits per heavy atom. The number of hydrogen-bond donors (Lipinski definition) is 0. The van der Waals surface area contributed by atoms with Crippen molar-refractivity contribution in [3.8, 4) is 0 Å². The van der Waals surface area contributed by atoms with E-state index < -0.39 is 0 Å². The van der Waals surface area contributed by atoms with Crippen LogP contribution in [-0.2, 0) is 7.05 Å². The van der Waals surface area contributed by atoms with E-state index in [4.69, 9.17) is 4.98 Å². The lowest BCUT2D eigenvalue weighted by atomic mass is 9.89. The Hall–Kier alpha value is -3.26. The van der Waals surface area contributed by atoms with Gasteiger partial charge in [-0.3, -0.25) is 0 Å². The molecule has 6 rings (SSSR count). The molecule has 0 radical (unpaired) electrons. The van der Waals surface area contributed by atoms with Gasteiger partial charge in [0.25, 0.3) is 6.33 Å². The van der Waals surface area contributed by atoms with Gasteiger partial charge in [0.1, 0.15) is 5.52 Å². The largest absolute Gasteiger partial charge is 0.287 e. The Morgan fingerprint density at radius 2 is 1.54 bits per heavy atom. The first-order valence-corrected chi connectivity index (χ1v) is 8.97. The van der Waals surface area contributed by atoms with Gasteiger partial charge in [-0.25, -0.2) is 4.57 Å². The van der Waals surface area contributed by atoms with Crippen LogP contribution in [0.1, 0.15) is 5.56 Å². The van der Waals surface area contributed by atoms with Crippen LogP contribution in [0.2, 0.25) is 0 Å². The minimum Gasteiger partial charge on any atom is -0.232 e. The quantitative estimate of drug-likeness (QED) is 0.206. The normalized spacial score (nSPS) is 12.2. The van der Waals surface area contributed by atoms with Crippen LogP contribution in [0.3, 0.4) is 0 Å². The fourth-order valence-corrected chi connectivity index (χ4v) is 4.67. The lowest BCUT2D eigenvalue weighted by Crippen LogP contribution is -2.29. The van der Waals surface area contributed by atoms with Crippen molar-refractivity contribution in [3.05, 3.63) is 72.6 Å². The Morgan fingerprint density at radius 3 is 2.46 bits per heavy atom. The SMILES string of the molecule is Cc1c2ccccc2cc2c3cccc4ccc5nc[n+](C)c(c12)c5c43. The van der Waals surface area contributed by atoms with E-state index in [1.807, 2.05) is 6.33 Å². The van der Waals surface area contributed by atoms with Crippen LogP contribution in [0, 0.1) is 6.92 Å². The molecule has 0 aliphatic rings. The molecule has 1 heterocycles. The van der Waals surface area contributed by atoms with Crippen LogP contribution >= 0.6 is 0 Å². The highest BCUT2D eigenvalue weighted by Gasteiger charge is 2.21. The summed E-state index contributed by atoms with van der Waals surface area (Å²) < 4.78 is 2.18. The van der Waals surface area contributed by atoms with E-state index in [1.54, 1.807) is 0 Å². The summed E-state index contributed by atoms with van der Waals surface area (Å²) in [5, 5.41) is 10.5. The van der Waals surface area contributed by atoms with Crippen LogP contribution < -0.4 is 4.57 Å². The second-order valence-electron chi connectivity index (χ2n) is 7.21. The number of rotatable bonds is 0. The first kappa shape index (κ1) is 14.0. The van der Waals surface area contributed by atoms with Crippen molar-refractivity contribution in [2.45, 2.75) is 6.92 Å². The smallest absolute Gasteiger partial charge is 0.232 e. The molecule has 0 saturated carbocycles. The van der Waals surface area contributed by atoms with Crippen molar-refractivity contribution < 1.29 is 4.57 Å². The minimum absolute atomic E-state index is 1.07. The van der Waals surface area contributed by atoms with Crippen molar-refractivity contribution in [2.75, 3.05) is 0 Å². The second-order valence-corrected chi connectivity index (χ2v) is 7.21. The van der Waals surface area contributed by atoms with Gasteiger partial charge in [0.2, 0.25) is 0 Å². The summed E-state index contributed by atoms with van der Waals surface area (Å²) in [5.41, 5.74) is 3.68. The Labute approximate surface area is 150 Å². The maximum atomic E-state index is 4.69. The predicted molar refractivity (Wildman–Crippen MR) is 109 cm³/mol. The third-order valence-electron chi connectivity index (χ3n) is 5.82. The Kier molecular flexibility index (Phi) is 2.51. The van der Waals surface area contributed by atoms with E-state index in [-0.39, 0.29) is 0 Å². The zero-order chi connectivity index (χ0) is 17.4. The Balaban J connectivity index is 2.11. The van der Waals surface area contributed by atoms with E-state index in [2.05, 4.69) is 79.2 Å². The minimum atomic E-state index is 1.07. The third-order valence-corrected chi connectivity index (χ3v) is 5.82. The van der Waals surface area contributed by atoms with Crippen LogP contribution in [0.15, 0.2) is 67.0 Å². The molecule has 0 fully saturated rings. The van der Waals surface area contributed by atoms with Gasteiger partial charge in [-0.2, -0.15) is 0 Å². The van der Waals surface area contributed by atoms with Gasteiger partial charge < -0.3 is 0 Å². The monoisotopic (exact) mass is 333 g/mol. The average molecular weight is 333 g/mol. The number of nitrogens with zero attached hydrogens (tertiary/aromatic N) is 2. The highest BCUT2D eigenvalue weighted by molar-refractivity contribution is 6.33. The molecule has 26 heavy (non-hydrogen) atoms. The average Bonchev–Trinajstić information content (AvgIpc) is 2.68. The number of hydrogen-bond acceptors (Lipinski definition) is 1.